The molecule has 0 aliphatic heterocycles. The Morgan fingerprint density at radius 2 is 1.96 bits per heavy atom. The summed E-state index contributed by atoms with van der Waals surface area (Å²) >= 11 is 0. The minimum absolute atomic E-state index is 0. The van der Waals surface area contributed by atoms with E-state index in [9.17, 15) is 4.79 Å². The quantitative estimate of drug-likeness (QED) is 0.278. The third kappa shape index (κ3) is 9.26. The Labute approximate surface area is 154 Å². The first kappa shape index (κ1) is 21.5. The summed E-state index contributed by atoms with van der Waals surface area (Å²) in [5.74, 6) is 0.659. The van der Waals surface area contributed by atoms with Crippen molar-refractivity contribution >= 4 is 36.0 Å². The van der Waals surface area contributed by atoms with E-state index in [1.165, 1.54) is 0 Å². The van der Waals surface area contributed by atoms with E-state index in [1.807, 2.05) is 33.9 Å². The second-order valence-electron chi connectivity index (χ2n) is 5.73. The number of ether oxygens (including phenoxy) is 1. The number of nitrogens with zero attached hydrogens (tertiary/aromatic N) is 3. The molecule has 0 fully saturated rings. The first-order valence-electron chi connectivity index (χ1n) is 7.20. The van der Waals surface area contributed by atoms with Crippen molar-refractivity contribution in [2.24, 2.45) is 12.0 Å². The van der Waals surface area contributed by atoms with Crippen LogP contribution in [0.2, 0.25) is 0 Å². The minimum Gasteiger partial charge on any atom is -0.444 e. The van der Waals surface area contributed by atoms with E-state index in [0.29, 0.717) is 25.6 Å². The van der Waals surface area contributed by atoms with Crippen molar-refractivity contribution in [2.75, 3.05) is 20.1 Å². The van der Waals surface area contributed by atoms with Gasteiger partial charge in [0.15, 0.2) is 5.96 Å². The zero-order chi connectivity index (χ0) is 16.6. The molecule has 1 amide bonds. The van der Waals surface area contributed by atoms with Crippen molar-refractivity contribution in [2.45, 2.75) is 32.9 Å². The van der Waals surface area contributed by atoms with Gasteiger partial charge in [-0.1, -0.05) is 0 Å². The molecular weight excluding hydrogens is 411 g/mol. The molecule has 0 spiro atoms. The van der Waals surface area contributed by atoms with Gasteiger partial charge in [-0.05, 0) is 26.8 Å². The smallest absolute Gasteiger partial charge is 0.407 e. The normalized spacial score (nSPS) is 11.4. The maximum Gasteiger partial charge on any atom is 0.407 e. The number of rotatable bonds is 5. The van der Waals surface area contributed by atoms with Gasteiger partial charge in [0.25, 0.3) is 0 Å². The van der Waals surface area contributed by atoms with Crippen LogP contribution in [0.15, 0.2) is 17.3 Å². The first-order chi connectivity index (χ1) is 10.3. The Kier molecular flexibility index (Phi) is 9.61. The Balaban J connectivity index is 0.00000484. The number of carbonyl (C=O) groups excluding carboxylic acids is 1. The van der Waals surface area contributed by atoms with E-state index >= 15 is 0 Å². The summed E-state index contributed by atoms with van der Waals surface area (Å²) in [7, 11) is 3.58. The number of hydrogen-bond acceptors (Lipinski definition) is 4. The van der Waals surface area contributed by atoms with Crippen LogP contribution in [0.1, 0.15) is 26.5 Å². The van der Waals surface area contributed by atoms with E-state index in [1.54, 1.807) is 17.9 Å². The Bertz CT molecular complexity index is 510. The van der Waals surface area contributed by atoms with Gasteiger partial charge in [-0.15, -0.1) is 24.0 Å². The number of amides is 1. The summed E-state index contributed by atoms with van der Waals surface area (Å²) in [6, 6.07) is 1.93. The monoisotopic (exact) mass is 438 g/mol. The average Bonchev–Trinajstić information content (AvgIpc) is 2.81. The molecule has 0 bridgehead atoms. The first-order valence-corrected chi connectivity index (χ1v) is 7.20. The molecular formula is C14H27IN6O2. The molecule has 3 N–H and O–H groups in total. The van der Waals surface area contributed by atoms with Crippen LogP contribution in [0.25, 0.3) is 0 Å². The number of carbonyl (C=O) groups is 1. The van der Waals surface area contributed by atoms with Crippen LogP contribution in [0.5, 0.6) is 0 Å². The summed E-state index contributed by atoms with van der Waals surface area (Å²) < 4.78 is 6.94. The highest BCUT2D eigenvalue weighted by molar-refractivity contribution is 14.0. The van der Waals surface area contributed by atoms with Crippen LogP contribution in [-0.4, -0.2) is 47.6 Å². The largest absolute Gasteiger partial charge is 0.444 e. The zero-order valence-electron chi connectivity index (χ0n) is 14.3. The highest BCUT2D eigenvalue weighted by atomic mass is 127. The zero-order valence-corrected chi connectivity index (χ0v) is 16.7. The van der Waals surface area contributed by atoms with Crippen molar-refractivity contribution in [1.82, 2.24) is 25.7 Å². The minimum atomic E-state index is -0.488. The molecule has 1 rings (SSSR count). The van der Waals surface area contributed by atoms with E-state index in [2.05, 4.69) is 26.0 Å². The van der Waals surface area contributed by atoms with Crippen molar-refractivity contribution in [1.29, 1.82) is 0 Å². The van der Waals surface area contributed by atoms with Crippen molar-refractivity contribution in [3.05, 3.63) is 18.0 Å². The van der Waals surface area contributed by atoms with Gasteiger partial charge in [0.2, 0.25) is 0 Å². The topological polar surface area (TPSA) is 92.6 Å². The molecule has 132 valence electrons. The van der Waals surface area contributed by atoms with Gasteiger partial charge in [0, 0.05) is 33.4 Å². The lowest BCUT2D eigenvalue weighted by atomic mass is 10.2. The van der Waals surface area contributed by atoms with Crippen LogP contribution in [0.4, 0.5) is 4.79 Å². The van der Waals surface area contributed by atoms with Gasteiger partial charge in [-0.3, -0.25) is 9.67 Å². The summed E-state index contributed by atoms with van der Waals surface area (Å²) in [5.41, 5.74) is 0.563. The SMILES string of the molecule is CN=C(NCCNC(=O)OC(C)(C)C)NCc1ccnn1C.I. The van der Waals surface area contributed by atoms with Crippen LogP contribution < -0.4 is 16.0 Å². The van der Waals surface area contributed by atoms with Gasteiger partial charge in [-0.2, -0.15) is 5.10 Å². The van der Waals surface area contributed by atoms with E-state index < -0.39 is 11.7 Å². The number of alkyl carbamates (subject to hydrolysis) is 1. The molecule has 1 aromatic heterocycles. The fraction of sp³-hybridized carbons (Fsp3) is 0.643. The van der Waals surface area contributed by atoms with Gasteiger partial charge in [-0.25, -0.2) is 4.79 Å². The highest BCUT2D eigenvalue weighted by Crippen LogP contribution is 2.05. The van der Waals surface area contributed by atoms with E-state index in [0.717, 1.165) is 5.69 Å². The van der Waals surface area contributed by atoms with Gasteiger partial charge in [0.1, 0.15) is 5.60 Å². The molecule has 0 saturated carbocycles. The molecule has 0 aliphatic rings. The number of aryl methyl sites for hydroxylation is 1. The maximum atomic E-state index is 11.5. The van der Waals surface area contributed by atoms with E-state index in [-0.39, 0.29) is 24.0 Å². The molecule has 9 heteroatoms. The molecule has 1 aromatic rings. The average molecular weight is 438 g/mol. The lowest BCUT2D eigenvalue weighted by molar-refractivity contribution is 0.0529. The molecule has 0 saturated heterocycles. The number of nitrogens with one attached hydrogen (secondary N) is 3. The van der Waals surface area contributed by atoms with Crippen LogP contribution >= 0.6 is 24.0 Å². The van der Waals surface area contributed by atoms with E-state index in [4.69, 9.17) is 4.74 Å². The number of guanidine groups is 1. The number of halogens is 1. The number of hydrogen-bond donors (Lipinski definition) is 3. The lowest BCUT2D eigenvalue weighted by Crippen LogP contribution is -2.42. The second-order valence-corrected chi connectivity index (χ2v) is 5.73. The van der Waals surface area contributed by atoms with Gasteiger partial charge in [0.05, 0.1) is 12.2 Å². The van der Waals surface area contributed by atoms with Gasteiger partial charge >= 0.3 is 6.09 Å². The van der Waals surface area contributed by atoms with Crippen LogP contribution in [-0.2, 0) is 18.3 Å². The summed E-state index contributed by atoms with van der Waals surface area (Å²) in [6.45, 7) is 7.10. The lowest BCUT2D eigenvalue weighted by Gasteiger charge is -2.19. The number of aliphatic imine (C=N–C) groups is 1. The summed E-state index contributed by atoms with van der Waals surface area (Å²) in [5, 5.41) is 13.1. The van der Waals surface area contributed by atoms with Crippen LogP contribution in [0.3, 0.4) is 0 Å². The summed E-state index contributed by atoms with van der Waals surface area (Å²) in [6.07, 6.45) is 1.32. The molecule has 1 heterocycles. The third-order valence-electron chi connectivity index (χ3n) is 2.67. The summed E-state index contributed by atoms with van der Waals surface area (Å²) in [4.78, 5) is 15.6. The van der Waals surface area contributed by atoms with Gasteiger partial charge < -0.3 is 20.7 Å². The molecule has 0 unspecified atom stereocenters. The molecule has 0 aromatic carbocycles. The third-order valence-corrected chi connectivity index (χ3v) is 2.67. The van der Waals surface area contributed by atoms with Crippen molar-refractivity contribution in [3.63, 3.8) is 0 Å². The Hall–Kier alpha value is -1.52. The fourth-order valence-corrected chi connectivity index (χ4v) is 1.63. The molecule has 23 heavy (non-hydrogen) atoms. The molecule has 8 nitrogen and oxygen atoms in total. The predicted molar refractivity (Wildman–Crippen MR) is 101 cm³/mol. The molecule has 0 atom stereocenters. The van der Waals surface area contributed by atoms with Crippen molar-refractivity contribution < 1.29 is 9.53 Å². The maximum absolute atomic E-state index is 11.5. The Morgan fingerprint density at radius 3 is 2.48 bits per heavy atom. The molecule has 0 aliphatic carbocycles. The van der Waals surface area contributed by atoms with Crippen molar-refractivity contribution in [3.8, 4) is 0 Å². The second kappa shape index (κ2) is 10.3. The molecule has 0 radical (unpaired) electrons. The predicted octanol–water partition coefficient (Wildman–Crippen LogP) is 1.23. The standard InChI is InChI=1S/C14H26N6O2.HI/c1-14(2,3)22-13(21)17-9-8-16-12(15-4)18-10-11-6-7-19-20(11)5;/h6-7H,8-10H2,1-5H3,(H,17,21)(H2,15,16,18);1H. The highest BCUT2D eigenvalue weighted by Gasteiger charge is 2.15. The fourth-order valence-electron chi connectivity index (χ4n) is 1.63. The van der Waals surface area contributed by atoms with Crippen LogP contribution in [0, 0.1) is 0 Å². The Morgan fingerprint density at radius 1 is 1.30 bits per heavy atom. The number of aromatic nitrogens is 2.